The van der Waals surface area contributed by atoms with Crippen LogP contribution in [0.2, 0.25) is 0 Å². The highest BCUT2D eigenvalue weighted by molar-refractivity contribution is 6.64. The number of benzene rings is 2. The summed E-state index contributed by atoms with van der Waals surface area (Å²) in [6, 6.07) is 17.6. The van der Waals surface area contributed by atoms with Crippen LogP contribution in [0.15, 0.2) is 60.8 Å². The third-order valence-electron chi connectivity index (χ3n) is 3.77. The Morgan fingerprint density at radius 2 is 1.82 bits per heavy atom. The van der Waals surface area contributed by atoms with Crippen LogP contribution in [0.1, 0.15) is 11.1 Å². The second-order valence-corrected chi connectivity index (χ2v) is 5.66. The van der Waals surface area contributed by atoms with E-state index >= 15 is 0 Å². The lowest BCUT2D eigenvalue weighted by molar-refractivity contribution is -0.113. The number of hydrogen-bond acceptors (Lipinski definition) is 2. The molecule has 2 N–H and O–H groups in total. The minimum atomic E-state index is -0.402. The zero-order valence-electron chi connectivity index (χ0n) is 12.1. The largest absolute Gasteiger partial charge is 0.361 e. The topological polar surface area (TPSA) is 44.9 Å². The summed E-state index contributed by atoms with van der Waals surface area (Å²) in [6.07, 6.45) is 2.51. The Hall–Kier alpha value is -2.10. The van der Waals surface area contributed by atoms with Gasteiger partial charge in [0.05, 0.1) is 6.04 Å². The lowest BCUT2D eigenvalue weighted by Crippen LogP contribution is -2.35. The Balaban J connectivity index is 1.73. The molecule has 4 heteroatoms. The van der Waals surface area contributed by atoms with Crippen molar-refractivity contribution in [2.75, 3.05) is 0 Å². The number of aromatic nitrogens is 1. The Bertz CT molecular complexity index is 767. The third kappa shape index (κ3) is 3.38. The molecule has 1 aromatic heterocycles. The van der Waals surface area contributed by atoms with Gasteiger partial charge in [0.15, 0.2) is 0 Å². The average molecular weight is 313 g/mol. The summed E-state index contributed by atoms with van der Waals surface area (Å²) in [6.45, 7) is 0.617. The summed E-state index contributed by atoms with van der Waals surface area (Å²) in [5, 5.41) is 4.01. The van der Waals surface area contributed by atoms with Crippen LogP contribution in [-0.2, 0) is 17.8 Å². The molecule has 0 bridgehead atoms. The highest BCUT2D eigenvalue weighted by atomic mass is 35.5. The molecule has 112 valence electrons. The lowest BCUT2D eigenvalue weighted by atomic mass is 10.1. The smallest absolute Gasteiger partial charge is 0.238 e. The van der Waals surface area contributed by atoms with E-state index in [0.29, 0.717) is 13.0 Å². The number of rotatable bonds is 6. The van der Waals surface area contributed by atoms with Gasteiger partial charge in [0.1, 0.15) is 0 Å². The maximum Gasteiger partial charge on any atom is 0.238 e. The zero-order chi connectivity index (χ0) is 15.4. The minimum absolute atomic E-state index is 0.360. The molecule has 0 spiro atoms. The van der Waals surface area contributed by atoms with E-state index in [1.165, 1.54) is 0 Å². The van der Waals surface area contributed by atoms with Gasteiger partial charge >= 0.3 is 0 Å². The van der Waals surface area contributed by atoms with Crippen molar-refractivity contribution in [1.82, 2.24) is 10.3 Å². The van der Waals surface area contributed by atoms with Gasteiger partial charge in [-0.05, 0) is 35.2 Å². The van der Waals surface area contributed by atoms with Crippen LogP contribution in [0.5, 0.6) is 0 Å². The molecule has 0 saturated carbocycles. The van der Waals surface area contributed by atoms with Gasteiger partial charge in [0.25, 0.3) is 0 Å². The molecule has 0 aliphatic rings. The SMILES string of the molecule is O=C(Cl)C(Cc1c[nH]c2ccccc12)NCc1ccccc1. The van der Waals surface area contributed by atoms with E-state index in [9.17, 15) is 4.79 Å². The summed E-state index contributed by atoms with van der Waals surface area (Å²) in [7, 11) is 0. The highest BCUT2D eigenvalue weighted by Crippen LogP contribution is 2.19. The van der Waals surface area contributed by atoms with Crippen molar-refractivity contribution < 1.29 is 4.79 Å². The Morgan fingerprint density at radius 1 is 1.09 bits per heavy atom. The van der Waals surface area contributed by atoms with Gasteiger partial charge in [0, 0.05) is 23.6 Å². The van der Waals surface area contributed by atoms with Gasteiger partial charge in [-0.2, -0.15) is 0 Å². The number of carbonyl (C=O) groups is 1. The quantitative estimate of drug-likeness (QED) is 0.683. The van der Waals surface area contributed by atoms with Gasteiger partial charge in [-0.3, -0.25) is 4.79 Å². The van der Waals surface area contributed by atoms with Crippen LogP contribution in [0, 0.1) is 0 Å². The maximum atomic E-state index is 11.7. The van der Waals surface area contributed by atoms with Crippen LogP contribution in [0.3, 0.4) is 0 Å². The number of nitrogens with one attached hydrogen (secondary N) is 2. The monoisotopic (exact) mass is 312 g/mol. The molecule has 0 fully saturated rings. The van der Waals surface area contributed by atoms with Crippen molar-refractivity contribution >= 4 is 27.7 Å². The average Bonchev–Trinajstić information content (AvgIpc) is 2.95. The molecule has 0 radical (unpaired) electrons. The van der Waals surface area contributed by atoms with E-state index in [1.807, 2.05) is 60.8 Å². The molecule has 22 heavy (non-hydrogen) atoms. The first-order valence-electron chi connectivity index (χ1n) is 7.25. The number of H-pyrrole nitrogens is 1. The number of para-hydroxylation sites is 1. The second kappa shape index (κ2) is 6.77. The fourth-order valence-electron chi connectivity index (χ4n) is 2.59. The molecular formula is C18H17ClN2O. The highest BCUT2D eigenvalue weighted by Gasteiger charge is 2.18. The minimum Gasteiger partial charge on any atom is -0.361 e. The van der Waals surface area contributed by atoms with Gasteiger partial charge < -0.3 is 10.3 Å². The van der Waals surface area contributed by atoms with Gasteiger partial charge in [-0.25, -0.2) is 0 Å². The predicted molar refractivity (Wildman–Crippen MR) is 89.9 cm³/mol. The summed E-state index contributed by atoms with van der Waals surface area (Å²) < 4.78 is 0. The van der Waals surface area contributed by atoms with Crippen LogP contribution >= 0.6 is 11.6 Å². The van der Waals surface area contributed by atoms with Gasteiger partial charge in [0.2, 0.25) is 5.24 Å². The molecule has 0 amide bonds. The third-order valence-corrected chi connectivity index (χ3v) is 4.03. The number of carbonyl (C=O) groups excluding carboxylic acids is 1. The first kappa shape index (κ1) is 14.8. The van der Waals surface area contributed by atoms with Gasteiger partial charge in [-0.1, -0.05) is 48.5 Å². The predicted octanol–water partition coefficient (Wildman–Crippen LogP) is 3.63. The Morgan fingerprint density at radius 3 is 2.59 bits per heavy atom. The van der Waals surface area contributed by atoms with Crippen molar-refractivity contribution in [2.24, 2.45) is 0 Å². The van der Waals surface area contributed by atoms with Crippen molar-refractivity contribution in [1.29, 1.82) is 0 Å². The van der Waals surface area contributed by atoms with Gasteiger partial charge in [-0.15, -0.1) is 0 Å². The Labute approximate surface area is 134 Å². The van der Waals surface area contributed by atoms with E-state index in [-0.39, 0.29) is 5.24 Å². The number of hydrogen-bond donors (Lipinski definition) is 2. The molecule has 0 aliphatic heterocycles. The molecule has 3 aromatic rings. The summed E-state index contributed by atoms with van der Waals surface area (Å²) in [5.74, 6) is 0. The number of fused-ring (bicyclic) bond motifs is 1. The van der Waals surface area contributed by atoms with E-state index < -0.39 is 6.04 Å². The molecule has 1 unspecified atom stereocenters. The molecule has 1 atom stereocenters. The van der Waals surface area contributed by atoms with Crippen LogP contribution in [0.25, 0.3) is 10.9 Å². The van der Waals surface area contributed by atoms with Crippen molar-refractivity contribution in [2.45, 2.75) is 19.0 Å². The molecule has 0 aliphatic carbocycles. The fourth-order valence-corrected chi connectivity index (χ4v) is 2.74. The second-order valence-electron chi connectivity index (χ2n) is 5.29. The molecule has 3 rings (SSSR count). The molecular weight excluding hydrogens is 296 g/mol. The van der Waals surface area contributed by atoms with E-state index in [0.717, 1.165) is 22.0 Å². The summed E-state index contributed by atoms with van der Waals surface area (Å²) in [5.41, 5.74) is 3.29. The standard InChI is InChI=1S/C18H17ClN2O/c19-18(22)17(20-11-13-6-2-1-3-7-13)10-14-12-21-16-9-5-4-8-15(14)16/h1-9,12,17,20-21H,10-11H2. The first-order chi connectivity index (χ1) is 10.7. The van der Waals surface area contributed by atoms with E-state index in [1.54, 1.807) is 0 Å². The lowest BCUT2D eigenvalue weighted by Gasteiger charge is -2.14. The van der Waals surface area contributed by atoms with Crippen LogP contribution in [-0.4, -0.2) is 16.3 Å². The van der Waals surface area contributed by atoms with Crippen LogP contribution < -0.4 is 5.32 Å². The van der Waals surface area contributed by atoms with Crippen molar-refractivity contribution in [3.63, 3.8) is 0 Å². The number of halogens is 1. The Kier molecular flexibility index (Phi) is 4.56. The van der Waals surface area contributed by atoms with Crippen molar-refractivity contribution in [3.8, 4) is 0 Å². The fraction of sp³-hybridized carbons (Fsp3) is 0.167. The van der Waals surface area contributed by atoms with E-state index in [2.05, 4.69) is 10.3 Å². The van der Waals surface area contributed by atoms with Crippen molar-refractivity contribution in [3.05, 3.63) is 71.9 Å². The van der Waals surface area contributed by atoms with E-state index in [4.69, 9.17) is 11.6 Å². The molecule has 3 nitrogen and oxygen atoms in total. The summed E-state index contributed by atoms with van der Waals surface area (Å²) in [4.78, 5) is 14.9. The molecule has 2 aromatic carbocycles. The normalized spacial score (nSPS) is 12.4. The molecule has 1 heterocycles. The summed E-state index contributed by atoms with van der Waals surface area (Å²) >= 11 is 5.77. The van der Waals surface area contributed by atoms with Crippen LogP contribution in [0.4, 0.5) is 0 Å². The number of aromatic amines is 1. The maximum absolute atomic E-state index is 11.7. The first-order valence-corrected chi connectivity index (χ1v) is 7.63. The zero-order valence-corrected chi connectivity index (χ0v) is 12.8. The molecule has 0 saturated heterocycles.